The van der Waals surface area contributed by atoms with Crippen molar-refractivity contribution in [1.29, 1.82) is 0 Å². The number of rotatable bonds is 4. The van der Waals surface area contributed by atoms with Crippen molar-refractivity contribution in [2.24, 2.45) is 0 Å². The van der Waals surface area contributed by atoms with Crippen LogP contribution < -0.4 is 5.32 Å². The van der Waals surface area contributed by atoms with Gasteiger partial charge in [0, 0.05) is 5.69 Å². The summed E-state index contributed by atoms with van der Waals surface area (Å²) in [6.45, 7) is 4.43. The molecule has 1 N–H and O–H groups in total. The summed E-state index contributed by atoms with van der Waals surface area (Å²) in [5.41, 5.74) is 10.0. The van der Waals surface area contributed by atoms with Crippen LogP contribution in [0.2, 0.25) is 0 Å². The van der Waals surface area contributed by atoms with E-state index in [-0.39, 0.29) is 0 Å². The number of hydrogen-bond acceptors (Lipinski definition) is 1. The van der Waals surface area contributed by atoms with Crippen LogP contribution in [0.5, 0.6) is 0 Å². The zero-order valence-electron chi connectivity index (χ0n) is 15.2. The highest BCUT2D eigenvalue weighted by atomic mass is 14.9. The molecule has 0 atom stereocenters. The lowest BCUT2D eigenvalue weighted by Crippen LogP contribution is -1.92. The van der Waals surface area contributed by atoms with Gasteiger partial charge in [0.2, 0.25) is 0 Å². The summed E-state index contributed by atoms with van der Waals surface area (Å²) in [7, 11) is 0. The molecule has 0 aromatic heterocycles. The Hall–Kier alpha value is -3.19. The van der Waals surface area contributed by atoms with Crippen LogP contribution in [0.3, 0.4) is 0 Å². The predicted octanol–water partition coefficient (Wildman–Crippen LogP) is 7.10. The second-order valence-corrected chi connectivity index (χ2v) is 6.60. The Balaban J connectivity index is 1.93. The van der Waals surface area contributed by atoms with Crippen LogP contribution in [0, 0.1) is 13.8 Å². The van der Waals surface area contributed by atoms with Crippen molar-refractivity contribution in [3.05, 3.63) is 102 Å². The van der Waals surface area contributed by atoms with Gasteiger partial charge in [0.1, 0.15) is 0 Å². The van der Waals surface area contributed by atoms with E-state index in [0.29, 0.717) is 0 Å². The van der Waals surface area contributed by atoms with Gasteiger partial charge in [-0.3, -0.25) is 0 Å². The lowest BCUT2D eigenvalue weighted by atomic mass is 9.95. The Kier molecular flexibility index (Phi) is 4.37. The molecule has 0 amide bonds. The molecular formula is C25H22N-. The van der Waals surface area contributed by atoms with E-state index in [2.05, 4.69) is 104 Å². The first kappa shape index (κ1) is 16.3. The van der Waals surface area contributed by atoms with Crippen molar-refractivity contribution >= 4 is 11.4 Å². The van der Waals surface area contributed by atoms with Crippen LogP contribution >= 0.6 is 0 Å². The van der Waals surface area contributed by atoms with Gasteiger partial charge in [-0.05, 0) is 17.8 Å². The summed E-state index contributed by atoms with van der Waals surface area (Å²) in [5, 5.41) is 3.64. The smallest absolute Gasteiger partial charge is 0.0371 e. The maximum atomic E-state index is 3.64. The van der Waals surface area contributed by atoms with Crippen molar-refractivity contribution in [3.63, 3.8) is 0 Å². The van der Waals surface area contributed by atoms with Gasteiger partial charge >= 0.3 is 0 Å². The molecular weight excluding hydrogens is 314 g/mol. The molecule has 1 nitrogen and oxygen atoms in total. The van der Waals surface area contributed by atoms with Crippen molar-refractivity contribution in [1.82, 2.24) is 0 Å². The average Bonchev–Trinajstić information content (AvgIpc) is 2.95. The SMILES string of the molecule is Cc1c(-c2ccccc2)c(-c2ccccc2)[c-](C)c1Nc1ccccc1. The molecule has 128 valence electrons. The maximum absolute atomic E-state index is 3.64. The third-order valence-corrected chi connectivity index (χ3v) is 4.92. The van der Waals surface area contributed by atoms with Gasteiger partial charge in [-0.2, -0.15) is 0 Å². The standard InChI is InChI=1S/C25H22N/c1-18-23(20-12-6-3-7-13-20)24(21-14-8-4-9-15-21)19(2)25(18)26-22-16-10-5-11-17-22/h3-17,26H,1-2H3/q-1. The molecule has 4 aromatic carbocycles. The van der Waals surface area contributed by atoms with E-state index in [4.69, 9.17) is 0 Å². The molecule has 0 heterocycles. The summed E-state index contributed by atoms with van der Waals surface area (Å²) in [6.07, 6.45) is 0. The summed E-state index contributed by atoms with van der Waals surface area (Å²) in [4.78, 5) is 0. The Bertz CT molecular complexity index is 933. The van der Waals surface area contributed by atoms with Crippen molar-refractivity contribution in [2.45, 2.75) is 13.8 Å². The van der Waals surface area contributed by atoms with E-state index in [1.54, 1.807) is 0 Å². The molecule has 0 saturated carbocycles. The number of hydrogen-bond donors (Lipinski definition) is 1. The maximum Gasteiger partial charge on any atom is 0.0371 e. The third kappa shape index (κ3) is 2.93. The quantitative estimate of drug-likeness (QED) is 0.392. The van der Waals surface area contributed by atoms with E-state index in [1.807, 2.05) is 6.07 Å². The molecule has 0 saturated heterocycles. The molecule has 0 fully saturated rings. The second-order valence-electron chi connectivity index (χ2n) is 6.60. The Morgan fingerprint density at radius 3 is 1.73 bits per heavy atom. The minimum absolute atomic E-state index is 1.11. The van der Waals surface area contributed by atoms with Gasteiger partial charge in [-0.1, -0.05) is 104 Å². The second kappa shape index (κ2) is 6.97. The normalized spacial score (nSPS) is 10.7. The minimum Gasteiger partial charge on any atom is -0.373 e. The van der Waals surface area contributed by atoms with Gasteiger partial charge < -0.3 is 5.32 Å². The van der Waals surface area contributed by atoms with E-state index >= 15 is 0 Å². The zero-order valence-corrected chi connectivity index (χ0v) is 15.2. The summed E-state index contributed by atoms with van der Waals surface area (Å²) in [6, 6.07) is 31.7. The van der Waals surface area contributed by atoms with Crippen LogP contribution in [0.4, 0.5) is 11.4 Å². The topological polar surface area (TPSA) is 12.0 Å². The molecule has 1 heteroatoms. The molecule has 0 bridgehead atoms. The molecule has 4 rings (SSSR count). The fourth-order valence-corrected chi connectivity index (χ4v) is 3.69. The van der Waals surface area contributed by atoms with E-state index < -0.39 is 0 Å². The highest BCUT2D eigenvalue weighted by molar-refractivity contribution is 5.96. The largest absolute Gasteiger partial charge is 0.373 e. The summed E-state index contributed by atoms with van der Waals surface area (Å²) in [5.74, 6) is 0. The highest BCUT2D eigenvalue weighted by Gasteiger charge is 2.12. The predicted molar refractivity (Wildman–Crippen MR) is 112 cm³/mol. The number of benzene rings is 3. The van der Waals surface area contributed by atoms with Crippen molar-refractivity contribution in [3.8, 4) is 22.3 Å². The van der Waals surface area contributed by atoms with Crippen LogP contribution in [-0.2, 0) is 0 Å². The first-order valence-corrected chi connectivity index (χ1v) is 8.98. The lowest BCUT2D eigenvalue weighted by Gasteiger charge is -2.16. The molecule has 26 heavy (non-hydrogen) atoms. The zero-order chi connectivity index (χ0) is 17.9. The van der Waals surface area contributed by atoms with E-state index in [0.717, 1.165) is 5.69 Å². The molecule has 0 aliphatic rings. The highest BCUT2D eigenvalue weighted by Crippen LogP contribution is 2.45. The number of para-hydroxylation sites is 1. The van der Waals surface area contributed by atoms with Gasteiger partial charge in [0.25, 0.3) is 0 Å². The third-order valence-electron chi connectivity index (χ3n) is 4.92. The van der Waals surface area contributed by atoms with E-state index in [9.17, 15) is 0 Å². The van der Waals surface area contributed by atoms with Gasteiger partial charge in [0.05, 0.1) is 0 Å². The Morgan fingerprint density at radius 2 is 1.15 bits per heavy atom. The average molecular weight is 336 g/mol. The first-order valence-electron chi connectivity index (χ1n) is 8.98. The van der Waals surface area contributed by atoms with Crippen LogP contribution in [-0.4, -0.2) is 0 Å². The molecule has 4 aromatic rings. The molecule has 0 spiro atoms. The van der Waals surface area contributed by atoms with Gasteiger partial charge in [-0.15, -0.1) is 22.3 Å². The Labute approximate surface area is 155 Å². The number of nitrogens with one attached hydrogen (secondary N) is 1. The monoisotopic (exact) mass is 336 g/mol. The van der Waals surface area contributed by atoms with Crippen molar-refractivity contribution in [2.75, 3.05) is 5.32 Å². The lowest BCUT2D eigenvalue weighted by molar-refractivity contribution is 1.44. The minimum atomic E-state index is 1.11. The van der Waals surface area contributed by atoms with Crippen LogP contribution in [0.1, 0.15) is 11.1 Å². The van der Waals surface area contributed by atoms with Crippen LogP contribution in [0.25, 0.3) is 22.3 Å². The summed E-state index contributed by atoms with van der Waals surface area (Å²) >= 11 is 0. The van der Waals surface area contributed by atoms with Gasteiger partial charge in [0.15, 0.2) is 0 Å². The van der Waals surface area contributed by atoms with Crippen molar-refractivity contribution < 1.29 is 0 Å². The van der Waals surface area contributed by atoms with E-state index in [1.165, 1.54) is 39.1 Å². The molecule has 0 aliphatic carbocycles. The fourth-order valence-electron chi connectivity index (χ4n) is 3.69. The molecule has 0 aliphatic heterocycles. The first-order chi connectivity index (χ1) is 12.8. The van der Waals surface area contributed by atoms with Gasteiger partial charge in [-0.25, -0.2) is 0 Å². The number of anilines is 2. The fraction of sp³-hybridized carbons (Fsp3) is 0.0800. The van der Waals surface area contributed by atoms with Crippen LogP contribution in [0.15, 0.2) is 91.0 Å². The Morgan fingerprint density at radius 1 is 0.654 bits per heavy atom. The molecule has 0 unspecified atom stereocenters. The molecule has 0 radical (unpaired) electrons. The summed E-state index contributed by atoms with van der Waals surface area (Å²) < 4.78 is 0.